The van der Waals surface area contributed by atoms with E-state index in [1.165, 1.54) is 19.3 Å². The molecule has 0 unspecified atom stereocenters. The normalized spacial score (nSPS) is 18.0. The lowest BCUT2D eigenvalue weighted by atomic mass is 9.97. The van der Waals surface area contributed by atoms with Crippen molar-refractivity contribution >= 4 is 31.8 Å². The highest BCUT2D eigenvalue weighted by atomic mass is 79.9. The number of sulfonamides is 1. The molecule has 0 aliphatic heterocycles. The first-order valence-corrected chi connectivity index (χ1v) is 9.66. The molecule has 0 atom stereocenters. The highest BCUT2D eigenvalue weighted by molar-refractivity contribution is 9.10. The first-order valence-electron chi connectivity index (χ1n) is 7.38. The van der Waals surface area contributed by atoms with Crippen molar-refractivity contribution < 1.29 is 8.42 Å². The minimum Gasteiger partial charge on any atom is -0.372 e. The Balaban J connectivity index is 2.19. The van der Waals surface area contributed by atoms with E-state index in [1.807, 2.05) is 0 Å². The molecule has 2 rings (SSSR count). The summed E-state index contributed by atoms with van der Waals surface area (Å²) in [5.41, 5.74) is 0. The number of nitrogens with zero attached hydrogens (tertiary/aromatic N) is 1. The maximum atomic E-state index is 12.6. The maximum Gasteiger partial charge on any atom is 0.244 e. The van der Waals surface area contributed by atoms with Gasteiger partial charge in [0.15, 0.2) is 0 Å². The van der Waals surface area contributed by atoms with E-state index in [-0.39, 0.29) is 10.9 Å². The predicted molar refractivity (Wildman–Crippen MR) is 87.9 cm³/mol. The highest BCUT2D eigenvalue weighted by Crippen LogP contribution is 2.24. The summed E-state index contributed by atoms with van der Waals surface area (Å²) in [7, 11) is -1.89. The van der Waals surface area contributed by atoms with E-state index in [4.69, 9.17) is 0 Å². The summed E-state index contributed by atoms with van der Waals surface area (Å²) >= 11 is 3.28. The van der Waals surface area contributed by atoms with Gasteiger partial charge in [-0.1, -0.05) is 32.1 Å². The standard InChI is InChI=1S/C14H22BrN3O2S/c1-16-14-13(9-11(15)10-17-14)21(19,20)18-12-7-5-3-2-4-6-8-12/h9-10,12,18H,2-8H2,1H3,(H,16,17). The Morgan fingerprint density at radius 2 is 1.81 bits per heavy atom. The third-order valence-electron chi connectivity index (χ3n) is 3.77. The average Bonchev–Trinajstić information content (AvgIpc) is 2.41. The monoisotopic (exact) mass is 375 g/mol. The molecule has 7 heteroatoms. The van der Waals surface area contributed by atoms with Crippen LogP contribution < -0.4 is 10.0 Å². The van der Waals surface area contributed by atoms with Crippen LogP contribution in [0.15, 0.2) is 21.6 Å². The molecule has 0 aromatic carbocycles. The van der Waals surface area contributed by atoms with E-state index < -0.39 is 10.0 Å². The number of halogens is 1. The van der Waals surface area contributed by atoms with E-state index in [0.29, 0.717) is 10.3 Å². The van der Waals surface area contributed by atoms with Crippen molar-refractivity contribution in [1.82, 2.24) is 9.71 Å². The van der Waals surface area contributed by atoms with Gasteiger partial charge in [-0.05, 0) is 34.8 Å². The second kappa shape index (κ2) is 7.56. The van der Waals surface area contributed by atoms with Gasteiger partial charge in [-0.2, -0.15) is 0 Å². The Kier molecular flexibility index (Phi) is 6.01. The van der Waals surface area contributed by atoms with E-state index in [0.717, 1.165) is 25.7 Å². The van der Waals surface area contributed by atoms with Crippen LogP contribution in [0.3, 0.4) is 0 Å². The smallest absolute Gasteiger partial charge is 0.244 e. The minimum absolute atomic E-state index is 0.0268. The van der Waals surface area contributed by atoms with Crippen molar-refractivity contribution in [2.75, 3.05) is 12.4 Å². The number of pyridine rings is 1. The summed E-state index contributed by atoms with van der Waals surface area (Å²) in [5, 5.41) is 2.84. The van der Waals surface area contributed by atoms with Gasteiger partial charge >= 0.3 is 0 Å². The summed E-state index contributed by atoms with van der Waals surface area (Å²) in [6.45, 7) is 0. The summed E-state index contributed by atoms with van der Waals surface area (Å²) < 4.78 is 28.7. The Labute approximate surface area is 135 Å². The number of rotatable bonds is 4. The lowest BCUT2D eigenvalue weighted by Gasteiger charge is -2.21. The van der Waals surface area contributed by atoms with Gasteiger partial charge in [-0.25, -0.2) is 18.1 Å². The molecule has 2 N–H and O–H groups in total. The Morgan fingerprint density at radius 1 is 1.19 bits per heavy atom. The van der Waals surface area contributed by atoms with Gasteiger partial charge in [0.2, 0.25) is 10.0 Å². The van der Waals surface area contributed by atoms with Crippen LogP contribution in [-0.4, -0.2) is 26.5 Å². The van der Waals surface area contributed by atoms with E-state index in [9.17, 15) is 8.42 Å². The van der Waals surface area contributed by atoms with Gasteiger partial charge in [0.1, 0.15) is 10.7 Å². The van der Waals surface area contributed by atoms with Crippen molar-refractivity contribution in [3.05, 3.63) is 16.7 Å². The van der Waals surface area contributed by atoms with Crippen molar-refractivity contribution in [3.8, 4) is 0 Å². The second-order valence-electron chi connectivity index (χ2n) is 5.41. The van der Waals surface area contributed by atoms with Gasteiger partial charge in [0.25, 0.3) is 0 Å². The molecule has 118 valence electrons. The molecule has 1 aromatic heterocycles. The SMILES string of the molecule is CNc1ncc(Br)cc1S(=O)(=O)NC1CCCCCCC1. The van der Waals surface area contributed by atoms with Crippen molar-refractivity contribution in [1.29, 1.82) is 0 Å². The fourth-order valence-electron chi connectivity index (χ4n) is 2.67. The third-order valence-corrected chi connectivity index (χ3v) is 5.74. The van der Waals surface area contributed by atoms with Crippen LogP contribution in [0.4, 0.5) is 5.82 Å². The molecule has 0 bridgehead atoms. The average molecular weight is 376 g/mol. The number of hydrogen-bond acceptors (Lipinski definition) is 4. The molecule has 0 amide bonds. The zero-order chi connectivity index (χ0) is 15.3. The fourth-order valence-corrected chi connectivity index (χ4v) is 4.65. The van der Waals surface area contributed by atoms with Crippen LogP contribution in [-0.2, 0) is 10.0 Å². The minimum atomic E-state index is -3.56. The molecule has 1 aliphatic rings. The second-order valence-corrected chi connectivity index (χ2v) is 8.01. The van der Waals surface area contributed by atoms with Crippen molar-refractivity contribution in [2.45, 2.75) is 55.9 Å². The van der Waals surface area contributed by atoms with Crippen molar-refractivity contribution in [3.63, 3.8) is 0 Å². The number of aromatic nitrogens is 1. The number of anilines is 1. The van der Waals surface area contributed by atoms with Crippen LogP contribution in [0.5, 0.6) is 0 Å². The predicted octanol–water partition coefficient (Wildman–Crippen LogP) is 3.28. The Bertz CT molecular complexity index is 570. The number of hydrogen-bond donors (Lipinski definition) is 2. The zero-order valence-electron chi connectivity index (χ0n) is 12.2. The molecule has 0 radical (unpaired) electrons. The van der Waals surface area contributed by atoms with Gasteiger partial charge in [-0.15, -0.1) is 0 Å². The fraction of sp³-hybridized carbons (Fsp3) is 0.643. The van der Waals surface area contributed by atoms with Gasteiger partial charge in [-0.3, -0.25) is 0 Å². The summed E-state index contributed by atoms with van der Waals surface area (Å²) in [6.07, 6.45) is 9.23. The Hall–Kier alpha value is -0.660. The van der Waals surface area contributed by atoms with E-state index >= 15 is 0 Å². The Morgan fingerprint density at radius 3 is 2.43 bits per heavy atom. The molecular weight excluding hydrogens is 354 g/mol. The van der Waals surface area contributed by atoms with E-state index in [2.05, 4.69) is 31.0 Å². The van der Waals surface area contributed by atoms with Crippen LogP contribution in [0.2, 0.25) is 0 Å². The first kappa shape index (κ1) is 16.7. The maximum absolute atomic E-state index is 12.6. The summed E-state index contributed by atoms with van der Waals surface area (Å²) in [5.74, 6) is 0.372. The van der Waals surface area contributed by atoms with Crippen LogP contribution in [0.1, 0.15) is 44.9 Å². The van der Waals surface area contributed by atoms with Crippen LogP contribution in [0, 0.1) is 0 Å². The lowest BCUT2D eigenvalue weighted by Crippen LogP contribution is -2.35. The molecule has 0 spiro atoms. The molecule has 1 fully saturated rings. The summed E-state index contributed by atoms with van der Waals surface area (Å²) in [4.78, 5) is 4.31. The lowest BCUT2D eigenvalue weighted by molar-refractivity contribution is 0.426. The highest BCUT2D eigenvalue weighted by Gasteiger charge is 2.24. The summed E-state index contributed by atoms with van der Waals surface area (Å²) in [6, 6.07) is 1.61. The molecule has 1 saturated carbocycles. The zero-order valence-corrected chi connectivity index (χ0v) is 14.6. The van der Waals surface area contributed by atoms with Gasteiger partial charge in [0.05, 0.1) is 0 Å². The third kappa shape index (κ3) is 4.66. The van der Waals surface area contributed by atoms with Crippen LogP contribution in [0.25, 0.3) is 0 Å². The molecule has 1 aromatic rings. The molecule has 21 heavy (non-hydrogen) atoms. The van der Waals surface area contributed by atoms with Crippen LogP contribution >= 0.6 is 15.9 Å². The molecule has 0 saturated heterocycles. The van der Waals surface area contributed by atoms with Crippen molar-refractivity contribution in [2.24, 2.45) is 0 Å². The molecule has 5 nitrogen and oxygen atoms in total. The van der Waals surface area contributed by atoms with Gasteiger partial charge < -0.3 is 5.32 Å². The molecule has 1 heterocycles. The number of nitrogens with one attached hydrogen (secondary N) is 2. The first-order chi connectivity index (χ1) is 10.0. The quantitative estimate of drug-likeness (QED) is 0.846. The molecule has 1 aliphatic carbocycles. The van der Waals surface area contributed by atoms with E-state index in [1.54, 1.807) is 19.3 Å². The molecular formula is C14H22BrN3O2S. The largest absolute Gasteiger partial charge is 0.372 e. The van der Waals surface area contributed by atoms with Gasteiger partial charge in [0, 0.05) is 23.8 Å². The topological polar surface area (TPSA) is 71.1 Å².